The van der Waals surface area contributed by atoms with Crippen molar-refractivity contribution in [2.45, 2.75) is 72.1 Å². The quantitative estimate of drug-likeness (QED) is 0.268. The van der Waals surface area contributed by atoms with Gasteiger partial charge in [-0.25, -0.2) is 4.79 Å². The van der Waals surface area contributed by atoms with Crippen LogP contribution in [-0.4, -0.2) is 53.6 Å². The summed E-state index contributed by atoms with van der Waals surface area (Å²) in [5, 5.41) is 5.23. The molecule has 0 saturated heterocycles. The van der Waals surface area contributed by atoms with Crippen LogP contribution >= 0.6 is 0 Å². The van der Waals surface area contributed by atoms with Crippen LogP contribution in [0.2, 0.25) is 0 Å². The summed E-state index contributed by atoms with van der Waals surface area (Å²) < 4.78 is 10.2. The molecule has 9 nitrogen and oxygen atoms in total. The molecule has 37 heavy (non-hydrogen) atoms. The lowest BCUT2D eigenvalue weighted by molar-refractivity contribution is -0.143. The van der Waals surface area contributed by atoms with Crippen molar-refractivity contribution < 1.29 is 28.7 Å². The number of nitrogens with zero attached hydrogens (tertiary/aromatic N) is 1. The average Bonchev–Trinajstić information content (AvgIpc) is 2.80. The second-order valence-electron chi connectivity index (χ2n) is 9.68. The highest BCUT2D eigenvalue weighted by Crippen LogP contribution is 2.24. The molecule has 1 rings (SSSR count). The monoisotopic (exact) mass is 511 g/mol. The molecule has 200 valence electrons. The van der Waals surface area contributed by atoms with E-state index < -0.39 is 41.6 Å². The fraction of sp³-hybridized carbons (Fsp3) is 0.500. The SMILES string of the molecule is C#Cc1ccc(C(C(=O)NCCC(=O)OCC)N(C#C)C(=O)C(CC(C)C)NC(=O)OC(C)(C)C)cc1. The number of nitrogens with one attached hydrogen (secondary N) is 2. The lowest BCUT2D eigenvalue weighted by Gasteiger charge is -2.31. The molecule has 2 atom stereocenters. The van der Waals surface area contributed by atoms with E-state index in [1.54, 1.807) is 52.0 Å². The molecular weight excluding hydrogens is 474 g/mol. The van der Waals surface area contributed by atoms with E-state index in [0.29, 0.717) is 11.1 Å². The van der Waals surface area contributed by atoms with Crippen LogP contribution in [0.1, 0.15) is 71.6 Å². The molecule has 1 aromatic carbocycles. The summed E-state index contributed by atoms with van der Waals surface area (Å²) in [5.41, 5.74) is 0.203. The highest BCUT2D eigenvalue weighted by atomic mass is 16.6. The van der Waals surface area contributed by atoms with Gasteiger partial charge in [0, 0.05) is 18.2 Å². The number of amides is 3. The first-order valence-corrected chi connectivity index (χ1v) is 12.1. The van der Waals surface area contributed by atoms with Crippen molar-refractivity contribution >= 4 is 23.9 Å². The summed E-state index contributed by atoms with van der Waals surface area (Å²) in [5.74, 6) is 0.766. The molecule has 0 aliphatic carbocycles. The molecular formula is C28H37N3O6. The topological polar surface area (TPSA) is 114 Å². The van der Waals surface area contributed by atoms with Crippen molar-refractivity contribution in [1.82, 2.24) is 15.5 Å². The average molecular weight is 512 g/mol. The summed E-state index contributed by atoms with van der Waals surface area (Å²) >= 11 is 0. The van der Waals surface area contributed by atoms with E-state index in [-0.39, 0.29) is 31.9 Å². The van der Waals surface area contributed by atoms with Gasteiger partial charge in [0.25, 0.3) is 5.91 Å². The minimum atomic E-state index is -1.25. The van der Waals surface area contributed by atoms with Gasteiger partial charge in [-0.2, -0.15) is 0 Å². The standard InChI is InChI=1S/C28H37N3O6/c1-9-20-12-14-21(15-13-20)24(25(33)29-17-16-23(32)36-11-3)31(10-2)26(34)22(18-19(4)5)30-27(35)37-28(6,7)8/h1-2,12-15,19,22,24H,11,16-18H2,3-8H3,(H,29,33)(H,30,35). The third kappa shape index (κ3) is 10.7. The summed E-state index contributed by atoms with van der Waals surface area (Å²) in [4.78, 5) is 52.0. The molecule has 0 bridgehead atoms. The highest BCUT2D eigenvalue weighted by molar-refractivity contribution is 5.93. The van der Waals surface area contributed by atoms with Gasteiger partial charge in [0.15, 0.2) is 0 Å². The van der Waals surface area contributed by atoms with Gasteiger partial charge in [-0.15, -0.1) is 6.42 Å². The minimum Gasteiger partial charge on any atom is -0.466 e. The molecule has 0 aliphatic heterocycles. The van der Waals surface area contributed by atoms with E-state index in [0.717, 1.165) is 4.90 Å². The molecule has 1 aromatic rings. The number of esters is 1. The maximum atomic E-state index is 13.6. The normalized spacial score (nSPS) is 12.4. The molecule has 9 heteroatoms. The minimum absolute atomic E-state index is 0.00952. The second kappa shape index (κ2) is 14.5. The van der Waals surface area contributed by atoms with Gasteiger partial charge in [-0.1, -0.05) is 38.3 Å². The van der Waals surface area contributed by atoms with Crippen molar-refractivity contribution in [3.8, 4) is 24.8 Å². The Bertz CT molecular complexity index is 1030. The number of carbonyl (C=O) groups excluding carboxylic acids is 4. The van der Waals surface area contributed by atoms with Gasteiger partial charge in [-0.05, 0) is 57.7 Å². The van der Waals surface area contributed by atoms with E-state index in [1.165, 1.54) is 0 Å². The third-order valence-electron chi connectivity index (χ3n) is 4.91. The van der Waals surface area contributed by atoms with Gasteiger partial charge in [0.1, 0.15) is 17.7 Å². The van der Waals surface area contributed by atoms with Gasteiger partial charge in [0.05, 0.1) is 13.0 Å². The predicted octanol–water partition coefficient (Wildman–Crippen LogP) is 3.14. The fourth-order valence-corrected chi connectivity index (χ4v) is 3.37. The zero-order chi connectivity index (χ0) is 28.2. The van der Waals surface area contributed by atoms with Crippen molar-refractivity contribution in [3.05, 3.63) is 35.4 Å². The summed E-state index contributed by atoms with van der Waals surface area (Å²) in [6.07, 6.45) is 10.6. The van der Waals surface area contributed by atoms with Gasteiger partial charge >= 0.3 is 12.1 Å². The van der Waals surface area contributed by atoms with Crippen molar-refractivity contribution in [2.24, 2.45) is 5.92 Å². The molecule has 0 radical (unpaired) electrons. The summed E-state index contributed by atoms with van der Waals surface area (Å²) in [7, 11) is 0. The van der Waals surface area contributed by atoms with Gasteiger partial charge in [0.2, 0.25) is 5.91 Å². The number of carbonyl (C=O) groups is 4. The first-order chi connectivity index (χ1) is 17.3. The van der Waals surface area contributed by atoms with E-state index in [1.807, 2.05) is 13.8 Å². The van der Waals surface area contributed by atoms with Gasteiger partial charge in [-0.3, -0.25) is 19.3 Å². The first kappa shape index (κ1) is 31.1. The Hall–Kier alpha value is -3.98. The fourth-order valence-electron chi connectivity index (χ4n) is 3.37. The highest BCUT2D eigenvalue weighted by Gasteiger charge is 2.36. The zero-order valence-electron chi connectivity index (χ0n) is 22.4. The lowest BCUT2D eigenvalue weighted by Crippen LogP contribution is -2.52. The Balaban J connectivity index is 3.32. The first-order valence-electron chi connectivity index (χ1n) is 12.1. The summed E-state index contributed by atoms with van der Waals surface area (Å²) in [6, 6.07) is 6.45. The largest absolute Gasteiger partial charge is 0.466 e. The Morgan fingerprint density at radius 2 is 1.70 bits per heavy atom. The smallest absolute Gasteiger partial charge is 0.408 e. The third-order valence-corrected chi connectivity index (χ3v) is 4.91. The molecule has 0 aliphatic rings. The number of alkyl carbamates (subject to hydrolysis) is 1. The molecule has 0 saturated carbocycles. The molecule has 0 fully saturated rings. The Morgan fingerprint density at radius 1 is 1.08 bits per heavy atom. The van der Waals surface area contributed by atoms with E-state index in [4.69, 9.17) is 22.3 Å². The Labute approximate surface area is 219 Å². The number of hydrogen-bond acceptors (Lipinski definition) is 6. The number of hydrogen-bond donors (Lipinski definition) is 2. The van der Waals surface area contributed by atoms with Crippen LogP contribution in [0.25, 0.3) is 0 Å². The van der Waals surface area contributed by atoms with Crippen molar-refractivity contribution in [3.63, 3.8) is 0 Å². The molecule has 3 amide bonds. The van der Waals surface area contributed by atoms with Crippen molar-refractivity contribution in [2.75, 3.05) is 13.2 Å². The second-order valence-corrected chi connectivity index (χ2v) is 9.68. The van der Waals surface area contributed by atoms with Crippen LogP contribution in [0.15, 0.2) is 24.3 Å². The molecule has 2 N–H and O–H groups in total. The predicted molar refractivity (Wildman–Crippen MR) is 140 cm³/mol. The molecule has 2 unspecified atom stereocenters. The number of terminal acetylenes is 2. The van der Waals surface area contributed by atoms with Crippen LogP contribution < -0.4 is 10.6 Å². The van der Waals surface area contributed by atoms with Gasteiger partial charge < -0.3 is 20.1 Å². The zero-order valence-corrected chi connectivity index (χ0v) is 22.4. The van der Waals surface area contributed by atoms with E-state index in [9.17, 15) is 19.2 Å². The maximum absolute atomic E-state index is 13.6. The lowest BCUT2D eigenvalue weighted by atomic mass is 9.99. The van der Waals surface area contributed by atoms with Crippen LogP contribution in [0.5, 0.6) is 0 Å². The van der Waals surface area contributed by atoms with E-state index in [2.05, 4.69) is 22.6 Å². The number of rotatable bonds is 11. The maximum Gasteiger partial charge on any atom is 0.408 e. The molecule has 0 heterocycles. The van der Waals surface area contributed by atoms with E-state index >= 15 is 0 Å². The Morgan fingerprint density at radius 3 is 2.19 bits per heavy atom. The van der Waals surface area contributed by atoms with Crippen LogP contribution in [-0.2, 0) is 23.9 Å². The number of ether oxygens (including phenoxy) is 2. The molecule has 0 spiro atoms. The van der Waals surface area contributed by atoms with Crippen molar-refractivity contribution in [1.29, 1.82) is 0 Å². The summed E-state index contributed by atoms with van der Waals surface area (Å²) in [6.45, 7) is 10.8. The number of benzene rings is 1. The Kier molecular flexibility index (Phi) is 12.2. The molecule has 0 aromatic heterocycles. The van der Waals surface area contributed by atoms with Crippen LogP contribution in [0.4, 0.5) is 4.79 Å². The van der Waals surface area contributed by atoms with Crippen LogP contribution in [0.3, 0.4) is 0 Å². The van der Waals surface area contributed by atoms with Crippen LogP contribution in [0, 0.1) is 30.7 Å².